The first-order chi connectivity index (χ1) is 14.6. The summed E-state index contributed by atoms with van der Waals surface area (Å²) in [6.07, 6.45) is 1.84. The van der Waals surface area contributed by atoms with E-state index in [0.29, 0.717) is 49.7 Å². The van der Waals surface area contributed by atoms with Crippen molar-refractivity contribution in [3.8, 4) is 5.88 Å². The van der Waals surface area contributed by atoms with Crippen molar-refractivity contribution in [3.63, 3.8) is 0 Å². The highest BCUT2D eigenvalue weighted by molar-refractivity contribution is 7.98. The maximum absolute atomic E-state index is 10.9. The first-order valence-corrected chi connectivity index (χ1v) is 10.9. The van der Waals surface area contributed by atoms with Crippen LogP contribution in [0.5, 0.6) is 5.88 Å². The molecule has 0 aliphatic carbocycles. The maximum atomic E-state index is 10.9. The zero-order valence-electron chi connectivity index (χ0n) is 17.5. The SMILES string of the molecule is COCc1cc(OCC2CN(Cc3ccc(COC(C)=O)o3)CCO2)nc(SC)n1. The van der Waals surface area contributed by atoms with Gasteiger partial charge in [0, 0.05) is 33.2 Å². The van der Waals surface area contributed by atoms with Crippen molar-refractivity contribution in [3.05, 3.63) is 35.4 Å². The van der Waals surface area contributed by atoms with Crippen LogP contribution in [0.4, 0.5) is 0 Å². The number of methoxy groups -OCH3 is 1. The Bertz CT molecular complexity index is 831. The molecular formula is C20H27N3O6S. The second kappa shape index (κ2) is 11.3. The second-order valence-electron chi connectivity index (χ2n) is 6.80. The van der Waals surface area contributed by atoms with Gasteiger partial charge in [0.1, 0.15) is 30.8 Å². The van der Waals surface area contributed by atoms with E-state index in [9.17, 15) is 4.79 Å². The van der Waals surface area contributed by atoms with Gasteiger partial charge in [0.25, 0.3) is 0 Å². The lowest BCUT2D eigenvalue weighted by molar-refractivity contribution is -0.142. The fraction of sp³-hybridized carbons (Fsp3) is 0.550. The molecule has 1 atom stereocenters. The Hall–Kier alpha value is -2.14. The largest absolute Gasteiger partial charge is 0.475 e. The zero-order chi connectivity index (χ0) is 21.3. The minimum Gasteiger partial charge on any atom is -0.475 e. The molecule has 0 bridgehead atoms. The van der Waals surface area contributed by atoms with E-state index in [-0.39, 0.29) is 18.7 Å². The molecule has 2 aromatic heterocycles. The zero-order valence-corrected chi connectivity index (χ0v) is 18.3. The molecule has 0 N–H and O–H groups in total. The lowest BCUT2D eigenvalue weighted by Crippen LogP contribution is -2.44. The molecule has 3 heterocycles. The van der Waals surface area contributed by atoms with Gasteiger partial charge in [0.15, 0.2) is 5.16 Å². The molecule has 3 rings (SSSR count). The van der Waals surface area contributed by atoms with Crippen molar-refractivity contribution in [1.82, 2.24) is 14.9 Å². The van der Waals surface area contributed by atoms with E-state index < -0.39 is 0 Å². The number of nitrogens with zero attached hydrogens (tertiary/aromatic N) is 3. The van der Waals surface area contributed by atoms with Gasteiger partial charge in [0.05, 0.1) is 25.5 Å². The van der Waals surface area contributed by atoms with Crippen molar-refractivity contribution in [2.24, 2.45) is 0 Å². The Morgan fingerprint density at radius 2 is 2.13 bits per heavy atom. The van der Waals surface area contributed by atoms with Gasteiger partial charge in [-0.1, -0.05) is 11.8 Å². The number of furan rings is 1. The van der Waals surface area contributed by atoms with Crippen molar-refractivity contribution < 1.29 is 28.2 Å². The number of hydrogen-bond acceptors (Lipinski definition) is 10. The summed E-state index contributed by atoms with van der Waals surface area (Å²) in [5.74, 6) is 1.65. The first kappa shape index (κ1) is 22.5. The van der Waals surface area contributed by atoms with Gasteiger partial charge < -0.3 is 23.4 Å². The number of thioether (sulfide) groups is 1. The van der Waals surface area contributed by atoms with Crippen molar-refractivity contribution in [2.75, 3.05) is 39.7 Å². The van der Waals surface area contributed by atoms with Crippen LogP contribution in [-0.4, -0.2) is 66.6 Å². The quantitative estimate of drug-likeness (QED) is 0.313. The van der Waals surface area contributed by atoms with Crippen LogP contribution < -0.4 is 4.74 Å². The highest BCUT2D eigenvalue weighted by Crippen LogP contribution is 2.18. The number of hydrogen-bond donors (Lipinski definition) is 0. The molecule has 1 aliphatic heterocycles. The molecule has 1 fully saturated rings. The fourth-order valence-electron chi connectivity index (χ4n) is 3.02. The topological polar surface area (TPSA) is 96.2 Å². The second-order valence-corrected chi connectivity index (χ2v) is 7.58. The molecule has 1 saturated heterocycles. The highest BCUT2D eigenvalue weighted by atomic mass is 32.2. The maximum Gasteiger partial charge on any atom is 0.303 e. The summed E-state index contributed by atoms with van der Waals surface area (Å²) in [7, 11) is 1.63. The summed E-state index contributed by atoms with van der Waals surface area (Å²) in [6, 6.07) is 5.52. The van der Waals surface area contributed by atoms with E-state index in [1.54, 1.807) is 13.2 Å². The third kappa shape index (κ3) is 6.98. The molecule has 0 aromatic carbocycles. The molecule has 0 amide bonds. The summed E-state index contributed by atoms with van der Waals surface area (Å²) >= 11 is 1.46. The third-order valence-electron chi connectivity index (χ3n) is 4.36. The number of rotatable bonds is 10. The molecule has 10 heteroatoms. The molecular weight excluding hydrogens is 410 g/mol. The van der Waals surface area contributed by atoms with Gasteiger partial charge in [0.2, 0.25) is 5.88 Å². The average Bonchev–Trinajstić information content (AvgIpc) is 3.18. The Morgan fingerprint density at radius 3 is 2.90 bits per heavy atom. The van der Waals surface area contributed by atoms with Crippen LogP contribution in [0.15, 0.2) is 27.8 Å². The molecule has 2 aromatic rings. The number of morpholine rings is 1. The van der Waals surface area contributed by atoms with Gasteiger partial charge >= 0.3 is 5.97 Å². The first-order valence-electron chi connectivity index (χ1n) is 9.64. The van der Waals surface area contributed by atoms with E-state index in [1.807, 2.05) is 18.4 Å². The molecule has 0 saturated carbocycles. The van der Waals surface area contributed by atoms with Crippen LogP contribution >= 0.6 is 11.8 Å². The standard InChI is InChI=1S/C20H27N3O6S/c1-14(24)27-12-17-5-4-16(29-17)9-23-6-7-26-18(10-23)13-28-19-8-15(11-25-2)21-20(22-19)30-3/h4-5,8,18H,6-7,9-13H2,1-3H3. The molecule has 30 heavy (non-hydrogen) atoms. The van der Waals surface area contributed by atoms with Gasteiger partial charge in [-0.3, -0.25) is 9.69 Å². The lowest BCUT2D eigenvalue weighted by Gasteiger charge is -2.32. The average molecular weight is 438 g/mol. The predicted octanol–water partition coefficient (Wildman–Crippen LogP) is 2.28. The van der Waals surface area contributed by atoms with Crippen LogP contribution in [-0.2, 0) is 38.8 Å². The Kier molecular flexibility index (Phi) is 8.50. The van der Waals surface area contributed by atoms with Gasteiger partial charge in [-0.05, 0) is 18.4 Å². The molecule has 1 aliphatic rings. The Morgan fingerprint density at radius 1 is 1.30 bits per heavy atom. The van der Waals surface area contributed by atoms with E-state index in [1.165, 1.54) is 18.7 Å². The summed E-state index contributed by atoms with van der Waals surface area (Å²) in [4.78, 5) is 21.9. The van der Waals surface area contributed by atoms with Crippen molar-refractivity contribution in [1.29, 1.82) is 0 Å². The molecule has 0 spiro atoms. The molecule has 164 valence electrons. The van der Waals surface area contributed by atoms with Crippen LogP contribution in [0.3, 0.4) is 0 Å². The number of carbonyl (C=O) groups is 1. The number of carbonyl (C=O) groups excluding carboxylic acids is 1. The Balaban J connectivity index is 1.50. The van der Waals surface area contributed by atoms with Crippen LogP contribution in [0.2, 0.25) is 0 Å². The lowest BCUT2D eigenvalue weighted by atomic mass is 10.2. The normalized spacial score (nSPS) is 17.1. The van der Waals surface area contributed by atoms with Gasteiger partial charge in [-0.2, -0.15) is 4.98 Å². The fourth-order valence-corrected chi connectivity index (χ4v) is 3.41. The number of esters is 1. The van der Waals surface area contributed by atoms with E-state index in [2.05, 4.69) is 14.9 Å². The van der Waals surface area contributed by atoms with Crippen LogP contribution in [0.25, 0.3) is 0 Å². The number of aromatic nitrogens is 2. The summed E-state index contributed by atoms with van der Waals surface area (Å²) in [6.45, 7) is 5.11. The van der Waals surface area contributed by atoms with Gasteiger partial charge in [-0.25, -0.2) is 4.98 Å². The molecule has 9 nitrogen and oxygen atoms in total. The Labute approximate surface area is 180 Å². The van der Waals surface area contributed by atoms with E-state index in [0.717, 1.165) is 18.0 Å². The minimum absolute atomic E-state index is 0.0761. The van der Waals surface area contributed by atoms with E-state index in [4.69, 9.17) is 23.4 Å². The third-order valence-corrected chi connectivity index (χ3v) is 4.91. The highest BCUT2D eigenvalue weighted by Gasteiger charge is 2.22. The monoisotopic (exact) mass is 437 g/mol. The predicted molar refractivity (Wildman–Crippen MR) is 109 cm³/mol. The summed E-state index contributed by atoms with van der Waals surface area (Å²) in [5.41, 5.74) is 0.778. The molecule has 0 radical (unpaired) electrons. The van der Waals surface area contributed by atoms with Gasteiger partial charge in [-0.15, -0.1) is 0 Å². The smallest absolute Gasteiger partial charge is 0.303 e. The van der Waals surface area contributed by atoms with Crippen molar-refractivity contribution in [2.45, 2.75) is 37.9 Å². The summed E-state index contributed by atoms with van der Waals surface area (Å²) in [5, 5.41) is 0.646. The van der Waals surface area contributed by atoms with E-state index >= 15 is 0 Å². The van der Waals surface area contributed by atoms with Crippen molar-refractivity contribution >= 4 is 17.7 Å². The minimum atomic E-state index is -0.327. The summed E-state index contributed by atoms with van der Waals surface area (Å²) < 4.78 is 27.6. The van der Waals surface area contributed by atoms with Crippen LogP contribution in [0.1, 0.15) is 24.1 Å². The number of ether oxygens (including phenoxy) is 4. The van der Waals surface area contributed by atoms with Crippen LogP contribution in [0, 0.1) is 0 Å². The molecule has 1 unspecified atom stereocenters.